The van der Waals surface area contributed by atoms with Gasteiger partial charge in [0.05, 0.1) is 6.54 Å². The maximum atomic E-state index is 5.82. The summed E-state index contributed by atoms with van der Waals surface area (Å²) in [5, 5.41) is 2.09. The van der Waals surface area contributed by atoms with Crippen molar-refractivity contribution in [3.8, 4) is 0 Å². The molecule has 2 heterocycles. The Kier molecular flexibility index (Phi) is 4.37. The Balaban J connectivity index is 2.23. The fourth-order valence-corrected chi connectivity index (χ4v) is 3.40. The van der Waals surface area contributed by atoms with E-state index in [1.165, 1.54) is 10.4 Å². The number of rotatable bonds is 4. The average Bonchev–Trinajstić information content (AvgIpc) is 2.74. The summed E-state index contributed by atoms with van der Waals surface area (Å²) in [7, 11) is 2.05. The Labute approximate surface area is 120 Å². The third kappa shape index (κ3) is 2.91. The van der Waals surface area contributed by atoms with Gasteiger partial charge in [-0.3, -0.25) is 0 Å². The highest BCUT2D eigenvalue weighted by Gasteiger charge is 2.11. The molecule has 0 spiro atoms. The second-order valence-corrected chi connectivity index (χ2v) is 6.13. The quantitative estimate of drug-likeness (QED) is 0.937. The van der Waals surface area contributed by atoms with Gasteiger partial charge in [-0.05, 0) is 40.5 Å². The summed E-state index contributed by atoms with van der Waals surface area (Å²) in [6, 6.07) is 4.14. The number of nitrogens with two attached hydrogens (primary N) is 1. The van der Waals surface area contributed by atoms with E-state index in [0.717, 1.165) is 22.4 Å². The number of halogens is 1. The third-order valence-corrected chi connectivity index (χ3v) is 4.53. The van der Waals surface area contributed by atoms with Crippen molar-refractivity contribution in [2.75, 3.05) is 11.9 Å². The van der Waals surface area contributed by atoms with Gasteiger partial charge in [0.1, 0.15) is 5.82 Å². The summed E-state index contributed by atoms with van der Waals surface area (Å²) in [6.07, 6.45) is 1.84. The fourth-order valence-electron chi connectivity index (χ4n) is 1.90. The van der Waals surface area contributed by atoms with E-state index in [9.17, 15) is 0 Å². The first kappa shape index (κ1) is 13.5. The van der Waals surface area contributed by atoms with Crippen LogP contribution in [0.3, 0.4) is 0 Å². The van der Waals surface area contributed by atoms with Crippen LogP contribution in [0.1, 0.15) is 16.0 Å². The van der Waals surface area contributed by atoms with Crippen LogP contribution in [-0.2, 0) is 13.1 Å². The van der Waals surface area contributed by atoms with E-state index < -0.39 is 0 Å². The molecule has 3 nitrogen and oxygen atoms in total. The first-order valence-electron chi connectivity index (χ1n) is 5.70. The van der Waals surface area contributed by atoms with Gasteiger partial charge in [0.2, 0.25) is 0 Å². The van der Waals surface area contributed by atoms with Gasteiger partial charge < -0.3 is 10.6 Å². The number of hydrogen-bond acceptors (Lipinski definition) is 4. The van der Waals surface area contributed by atoms with E-state index >= 15 is 0 Å². The number of aromatic nitrogens is 1. The number of anilines is 1. The van der Waals surface area contributed by atoms with Crippen LogP contribution >= 0.6 is 27.3 Å². The Hall–Kier alpha value is -0.910. The zero-order valence-corrected chi connectivity index (χ0v) is 12.9. The lowest BCUT2D eigenvalue weighted by atomic mass is 10.1. The minimum atomic E-state index is 0.521. The molecule has 0 saturated heterocycles. The molecular weight excluding hydrogens is 310 g/mol. The van der Waals surface area contributed by atoms with Crippen LogP contribution in [0.4, 0.5) is 5.82 Å². The van der Waals surface area contributed by atoms with Gasteiger partial charge in [-0.1, -0.05) is 0 Å². The molecule has 0 amide bonds. The molecule has 2 N–H and O–H groups in total. The predicted molar refractivity (Wildman–Crippen MR) is 81.0 cm³/mol. The molecule has 0 bridgehead atoms. The molecule has 18 heavy (non-hydrogen) atoms. The SMILES string of the molecule is Cc1ccnc(N(C)Cc2cc(Br)cs2)c1CN. The molecule has 0 saturated carbocycles. The second-order valence-electron chi connectivity index (χ2n) is 4.22. The zero-order chi connectivity index (χ0) is 13.1. The molecule has 96 valence electrons. The van der Waals surface area contributed by atoms with E-state index in [4.69, 9.17) is 5.73 Å². The Bertz CT molecular complexity index is 539. The molecule has 0 fully saturated rings. The van der Waals surface area contributed by atoms with Crippen molar-refractivity contribution in [2.24, 2.45) is 5.73 Å². The van der Waals surface area contributed by atoms with Crippen LogP contribution in [0.5, 0.6) is 0 Å². The van der Waals surface area contributed by atoms with Crippen LogP contribution in [0.25, 0.3) is 0 Å². The molecule has 2 aromatic rings. The topological polar surface area (TPSA) is 42.2 Å². The Morgan fingerprint density at radius 2 is 2.28 bits per heavy atom. The van der Waals surface area contributed by atoms with Crippen LogP contribution in [0.15, 0.2) is 28.2 Å². The smallest absolute Gasteiger partial charge is 0.133 e. The molecule has 5 heteroatoms. The van der Waals surface area contributed by atoms with Crippen molar-refractivity contribution in [2.45, 2.75) is 20.0 Å². The summed E-state index contributed by atoms with van der Waals surface area (Å²) >= 11 is 5.22. The monoisotopic (exact) mass is 325 g/mol. The van der Waals surface area contributed by atoms with Gasteiger partial charge in [-0.25, -0.2) is 4.98 Å². The van der Waals surface area contributed by atoms with Crippen molar-refractivity contribution in [3.05, 3.63) is 44.2 Å². The normalized spacial score (nSPS) is 10.7. The molecule has 0 atom stereocenters. The molecule has 0 aliphatic heterocycles. The summed E-state index contributed by atoms with van der Waals surface area (Å²) < 4.78 is 1.13. The van der Waals surface area contributed by atoms with Gasteiger partial charge in [0.25, 0.3) is 0 Å². The van der Waals surface area contributed by atoms with Crippen molar-refractivity contribution >= 4 is 33.1 Å². The van der Waals surface area contributed by atoms with E-state index in [1.54, 1.807) is 11.3 Å². The van der Waals surface area contributed by atoms with E-state index in [0.29, 0.717) is 6.54 Å². The number of hydrogen-bond donors (Lipinski definition) is 1. The predicted octanol–water partition coefficient (Wildman–Crippen LogP) is 3.31. The highest BCUT2D eigenvalue weighted by Crippen LogP contribution is 2.25. The van der Waals surface area contributed by atoms with Gasteiger partial charge in [-0.15, -0.1) is 11.3 Å². The third-order valence-electron chi connectivity index (χ3n) is 2.85. The first-order valence-corrected chi connectivity index (χ1v) is 7.37. The fraction of sp³-hybridized carbons (Fsp3) is 0.308. The van der Waals surface area contributed by atoms with Gasteiger partial charge >= 0.3 is 0 Å². The van der Waals surface area contributed by atoms with Gasteiger partial charge in [0.15, 0.2) is 0 Å². The summed E-state index contributed by atoms with van der Waals surface area (Å²) in [5.74, 6) is 0.974. The minimum absolute atomic E-state index is 0.521. The highest BCUT2D eigenvalue weighted by molar-refractivity contribution is 9.10. The molecule has 2 rings (SSSR count). The molecule has 0 aliphatic rings. The van der Waals surface area contributed by atoms with Gasteiger partial charge in [-0.2, -0.15) is 0 Å². The van der Waals surface area contributed by atoms with E-state index in [2.05, 4.69) is 51.2 Å². The molecule has 2 aromatic heterocycles. The van der Waals surface area contributed by atoms with Crippen molar-refractivity contribution in [3.63, 3.8) is 0 Å². The summed E-state index contributed by atoms with van der Waals surface area (Å²) in [4.78, 5) is 7.90. The molecular formula is C13H16BrN3S. The average molecular weight is 326 g/mol. The van der Waals surface area contributed by atoms with Crippen LogP contribution in [-0.4, -0.2) is 12.0 Å². The van der Waals surface area contributed by atoms with Crippen LogP contribution < -0.4 is 10.6 Å². The van der Waals surface area contributed by atoms with Crippen molar-refractivity contribution in [1.29, 1.82) is 0 Å². The summed E-state index contributed by atoms with van der Waals surface area (Å²) in [5.41, 5.74) is 8.13. The lowest BCUT2D eigenvalue weighted by Gasteiger charge is -2.21. The first-order chi connectivity index (χ1) is 8.61. The van der Waals surface area contributed by atoms with Crippen molar-refractivity contribution < 1.29 is 0 Å². The Morgan fingerprint density at radius 1 is 1.50 bits per heavy atom. The maximum absolute atomic E-state index is 5.82. The second kappa shape index (κ2) is 5.82. The molecule has 0 aliphatic carbocycles. The minimum Gasteiger partial charge on any atom is -0.354 e. The van der Waals surface area contributed by atoms with Gasteiger partial charge in [0, 0.05) is 40.1 Å². The molecule has 0 unspecified atom stereocenters. The number of thiophene rings is 1. The summed E-state index contributed by atoms with van der Waals surface area (Å²) in [6.45, 7) is 3.44. The lowest BCUT2D eigenvalue weighted by molar-refractivity contribution is 0.882. The van der Waals surface area contributed by atoms with Crippen LogP contribution in [0, 0.1) is 6.92 Å². The molecule has 0 radical (unpaired) electrons. The standard InChI is InChI=1S/C13H16BrN3S/c1-9-3-4-16-13(12(9)6-15)17(2)7-11-5-10(14)8-18-11/h3-5,8H,6-7,15H2,1-2H3. The number of aryl methyl sites for hydroxylation is 1. The van der Waals surface area contributed by atoms with E-state index in [1.807, 2.05) is 12.3 Å². The Morgan fingerprint density at radius 3 is 2.89 bits per heavy atom. The lowest BCUT2D eigenvalue weighted by Crippen LogP contribution is -2.20. The van der Waals surface area contributed by atoms with Crippen LogP contribution in [0.2, 0.25) is 0 Å². The zero-order valence-electron chi connectivity index (χ0n) is 10.5. The highest BCUT2D eigenvalue weighted by atomic mass is 79.9. The number of pyridine rings is 1. The van der Waals surface area contributed by atoms with E-state index in [-0.39, 0.29) is 0 Å². The number of nitrogens with zero attached hydrogens (tertiary/aromatic N) is 2. The maximum Gasteiger partial charge on any atom is 0.133 e. The molecule has 0 aromatic carbocycles. The van der Waals surface area contributed by atoms with Crippen molar-refractivity contribution in [1.82, 2.24) is 4.98 Å². The largest absolute Gasteiger partial charge is 0.354 e.